The van der Waals surface area contributed by atoms with Crippen molar-refractivity contribution in [1.82, 2.24) is 15.5 Å². The van der Waals surface area contributed by atoms with Crippen LogP contribution < -0.4 is 5.32 Å². The minimum absolute atomic E-state index is 0.189. The molecule has 0 aliphatic rings. The maximum absolute atomic E-state index is 11.4. The van der Waals surface area contributed by atoms with Gasteiger partial charge in [0.2, 0.25) is 5.89 Å². The van der Waals surface area contributed by atoms with Crippen LogP contribution in [-0.4, -0.2) is 44.4 Å². The first-order valence-corrected chi connectivity index (χ1v) is 4.44. The Labute approximate surface area is 90.3 Å². The van der Waals surface area contributed by atoms with Crippen LogP contribution in [0.15, 0.2) is 4.52 Å². The van der Waals surface area contributed by atoms with Crippen LogP contribution in [0.4, 0.5) is 0 Å². The van der Waals surface area contributed by atoms with E-state index in [0.29, 0.717) is 0 Å². The Balaban J connectivity index is 2.73. The van der Waals surface area contributed by atoms with E-state index in [-0.39, 0.29) is 11.7 Å². The van der Waals surface area contributed by atoms with Crippen LogP contribution >= 0.6 is 0 Å². The SMILES string of the molecule is Cc1nc(C(=O)N[C@H](C(=O)O)[C@@H](C)O)no1. The molecule has 16 heavy (non-hydrogen) atoms. The number of nitrogens with one attached hydrogen (secondary N) is 1. The molecule has 88 valence electrons. The number of carboxylic acid groups (broad SMARTS) is 1. The lowest BCUT2D eigenvalue weighted by molar-refractivity contribution is -0.141. The second-order valence-corrected chi connectivity index (χ2v) is 3.17. The van der Waals surface area contributed by atoms with Gasteiger partial charge in [-0.3, -0.25) is 4.79 Å². The number of aryl methyl sites for hydroxylation is 1. The van der Waals surface area contributed by atoms with E-state index in [2.05, 4.69) is 20.0 Å². The van der Waals surface area contributed by atoms with Gasteiger partial charge in [0.05, 0.1) is 6.10 Å². The molecule has 0 spiro atoms. The quantitative estimate of drug-likeness (QED) is 0.600. The number of amides is 1. The Bertz CT molecular complexity index is 400. The van der Waals surface area contributed by atoms with Crippen molar-refractivity contribution in [2.75, 3.05) is 0 Å². The monoisotopic (exact) mass is 229 g/mol. The average Bonchev–Trinajstić information content (AvgIpc) is 2.59. The van der Waals surface area contributed by atoms with Gasteiger partial charge in [-0.25, -0.2) is 4.79 Å². The Morgan fingerprint density at radius 2 is 2.12 bits per heavy atom. The molecule has 0 aliphatic carbocycles. The molecule has 1 aromatic rings. The van der Waals surface area contributed by atoms with E-state index >= 15 is 0 Å². The highest BCUT2D eigenvalue weighted by Crippen LogP contribution is 1.98. The van der Waals surface area contributed by atoms with Gasteiger partial charge in [0.1, 0.15) is 0 Å². The second kappa shape index (κ2) is 4.71. The third-order valence-corrected chi connectivity index (χ3v) is 1.77. The normalized spacial score (nSPS) is 14.2. The summed E-state index contributed by atoms with van der Waals surface area (Å²) in [6.07, 6.45) is -1.23. The van der Waals surface area contributed by atoms with Crippen LogP contribution in [0.5, 0.6) is 0 Å². The van der Waals surface area contributed by atoms with E-state index in [9.17, 15) is 9.59 Å². The van der Waals surface area contributed by atoms with E-state index in [1.54, 1.807) is 0 Å². The molecule has 1 aromatic heterocycles. The molecular formula is C8H11N3O5. The van der Waals surface area contributed by atoms with Crippen molar-refractivity contribution >= 4 is 11.9 Å². The van der Waals surface area contributed by atoms with Gasteiger partial charge in [-0.05, 0) is 6.92 Å². The van der Waals surface area contributed by atoms with Gasteiger partial charge >= 0.3 is 5.97 Å². The molecule has 0 radical (unpaired) electrons. The molecule has 1 rings (SSSR count). The zero-order valence-corrected chi connectivity index (χ0v) is 8.67. The Kier molecular flexibility index (Phi) is 3.56. The number of rotatable bonds is 4. The lowest BCUT2D eigenvalue weighted by Gasteiger charge is -2.15. The van der Waals surface area contributed by atoms with Crippen molar-refractivity contribution in [3.63, 3.8) is 0 Å². The summed E-state index contributed by atoms with van der Waals surface area (Å²) in [6, 6.07) is -1.41. The van der Waals surface area contributed by atoms with E-state index < -0.39 is 24.0 Å². The first-order valence-electron chi connectivity index (χ1n) is 4.44. The molecular weight excluding hydrogens is 218 g/mol. The van der Waals surface area contributed by atoms with E-state index in [1.165, 1.54) is 13.8 Å². The van der Waals surface area contributed by atoms with Crippen molar-refractivity contribution in [1.29, 1.82) is 0 Å². The molecule has 0 saturated heterocycles. The molecule has 1 amide bonds. The Morgan fingerprint density at radius 3 is 2.50 bits per heavy atom. The fraction of sp³-hybridized carbons (Fsp3) is 0.500. The molecule has 2 atom stereocenters. The largest absolute Gasteiger partial charge is 0.480 e. The number of aliphatic hydroxyl groups excluding tert-OH is 1. The lowest BCUT2D eigenvalue weighted by Crippen LogP contribution is -2.47. The number of hydrogen-bond acceptors (Lipinski definition) is 6. The van der Waals surface area contributed by atoms with Crippen LogP contribution in [0.25, 0.3) is 0 Å². The predicted octanol–water partition coefficient (Wildman–Crippen LogP) is -1.06. The van der Waals surface area contributed by atoms with E-state index in [0.717, 1.165) is 0 Å². The van der Waals surface area contributed by atoms with Crippen LogP contribution in [0, 0.1) is 6.92 Å². The van der Waals surface area contributed by atoms with Crippen LogP contribution in [-0.2, 0) is 4.79 Å². The number of nitrogens with zero attached hydrogens (tertiary/aromatic N) is 2. The summed E-state index contributed by atoms with van der Waals surface area (Å²) < 4.78 is 4.56. The zero-order valence-electron chi connectivity index (χ0n) is 8.67. The van der Waals surface area contributed by atoms with Crippen molar-refractivity contribution in [3.8, 4) is 0 Å². The average molecular weight is 229 g/mol. The van der Waals surface area contributed by atoms with Gasteiger partial charge in [-0.1, -0.05) is 5.16 Å². The highest BCUT2D eigenvalue weighted by molar-refractivity contribution is 5.93. The number of carboxylic acids is 1. The Hall–Kier alpha value is -1.96. The summed E-state index contributed by atoms with van der Waals surface area (Å²) in [5.74, 6) is -2.24. The van der Waals surface area contributed by atoms with Gasteiger partial charge in [0, 0.05) is 6.92 Å². The van der Waals surface area contributed by atoms with Crippen molar-refractivity contribution in [3.05, 3.63) is 11.7 Å². The number of carbonyl (C=O) groups excluding carboxylic acids is 1. The summed E-state index contributed by atoms with van der Waals surface area (Å²) >= 11 is 0. The van der Waals surface area contributed by atoms with Gasteiger partial charge in [0.25, 0.3) is 11.7 Å². The zero-order chi connectivity index (χ0) is 12.3. The molecule has 0 saturated carbocycles. The van der Waals surface area contributed by atoms with Crippen LogP contribution in [0.1, 0.15) is 23.4 Å². The first kappa shape index (κ1) is 12.1. The van der Waals surface area contributed by atoms with Crippen LogP contribution in [0.3, 0.4) is 0 Å². The van der Waals surface area contributed by atoms with Gasteiger partial charge in [-0.15, -0.1) is 0 Å². The number of hydrogen-bond donors (Lipinski definition) is 3. The van der Waals surface area contributed by atoms with E-state index in [4.69, 9.17) is 10.2 Å². The first-order chi connectivity index (χ1) is 7.41. The van der Waals surface area contributed by atoms with Gasteiger partial charge < -0.3 is 20.1 Å². The molecule has 0 aromatic carbocycles. The number of aliphatic carboxylic acids is 1. The molecule has 1 heterocycles. The molecule has 8 nitrogen and oxygen atoms in total. The second-order valence-electron chi connectivity index (χ2n) is 3.17. The number of aromatic nitrogens is 2. The molecule has 0 fully saturated rings. The van der Waals surface area contributed by atoms with E-state index in [1.807, 2.05) is 0 Å². The standard InChI is InChI=1S/C8H11N3O5/c1-3(12)5(8(14)15)10-7(13)6-9-4(2)16-11-6/h3,5,12H,1-2H3,(H,10,13)(H,14,15)/t3-,5+/m1/s1. The lowest BCUT2D eigenvalue weighted by atomic mass is 10.2. The van der Waals surface area contributed by atoms with Crippen molar-refractivity contribution < 1.29 is 24.3 Å². The minimum atomic E-state index is -1.41. The third-order valence-electron chi connectivity index (χ3n) is 1.77. The predicted molar refractivity (Wildman–Crippen MR) is 49.6 cm³/mol. The van der Waals surface area contributed by atoms with Gasteiger partial charge in [-0.2, -0.15) is 4.98 Å². The van der Waals surface area contributed by atoms with Crippen molar-refractivity contribution in [2.24, 2.45) is 0 Å². The summed E-state index contributed by atoms with van der Waals surface area (Å²) in [7, 11) is 0. The highest BCUT2D eigenvalue weighted by atomic mass is 16.5. The molecule has 0 aliphatic heterocycles. The third kappa shape index (κ3) is 2.76. The fourth-order valence-electron chi connectivity index (χ4n) is 0.986. The molecule has 3 N–H and O–H groups in total. The van der Waals surface area contributed by atoms with Gasteiger partial charge in [0.15, 0.2) is 6.04 Å². The summed E-state index contributed by atoms with van der Waals surface area (Å²) in [6.45, 7) is 2.74. The smallest absolute Gasteiger partial charge is 0.328 e. The maximum atomic E-state index is 11.4. The summed E-state index contributed by atoms with van der Waals surface area (Å²) in [4.78, 5) is 25.7. The highest BCUT2D eigenvalue weighted by Gasteiger charge is 2.27. The van der Waals surface area contributed by atoms with Crippen molar-refractivity contribution in [2.45, 2.75) is 26.0 Å². The summed E-state index contributed by atoms with van der Waals surface area (Å²) in [5.41, 5.74) is 0. The molecule has 0 unspecified atom stereocenters. The molecule has 0 bridgehead atoms. The van der Waals surface area contributed by atoms with Crippen LogP contribution in [0.2, 0.25) is 0 Å². The number of carbonyl (C=O) groups is 2. The minimum Gasteiger partial charge on any atom is -0.480 e. The topological polar surface area (TPSA) is 126 Å². The summed E-state index contributed by atoms with van der Waals surface area (Å²) in [5, 5.41) is 23.2. The fourth-order valence-corrected chi connectivity index (χ4v) is 0.986. The number of aliphatic hydroxyl groups is 1. The maximum Gasteiger partial charge on any atom is 0.328 e. The Morgan fingerprint density at radius 1 is 1.50 bits per heavy atom. The molecule has 8 heteroatoms.